The summed E-state index contributed by atoms with van der Waals surface area (Å²) >= 11 is 0. The summed E-state index contributed by atoms with van der Waals surface area (Å²) in [6.07, 6.45) is 4.10. The van der Waals surface area contributed by atoms with E-state index in [-0.39, 0.29) is 23.6 Å². The minimum Gasteiger partial charge on any atom is -0.493 e. The third-order valence-electron chi connectivity index (χ3n) is 4.04. The van der Waals surface area contributed by atoms with Crippen molar-refractivity contribution in [2.75, 3.05) is 7.11 Å². The van der Waals surface area contributed by atoms with Gasteiger partial charge in [0.1, 0.15) is 6.61 Å². The Hall–Kier alpha value is -4.27. The molecule has 3 rings (SSSR count). The van der Waals surface area contributed by atoms with Crippen LogP contribution in [0.1, 0.15) is 21.5 Å². The Morgan fingerprint density at radius 3 is 2.67 bits per heavy atom. The number of hydrogen-bond donors (Lipinski definition) is 1. The third-order valence-corrected chi connectivity index (χ3v) is 4.04. The molecule has 1 N–H and O–H groups in total. The zero-order valence-corrected chi connectivity index (χ0v) is 16.0. The van der Waals surface area contributed by atoms with Gasteiger partial charge in [-0.25, -0.2) is 5.43 Å². The van der Waals surface area contributed by atoms with E-state index in [1.165, 1.54) is 37.9 Å². The van der Waals surface area contributed by atoms with Crippen LogP contribution in [0.4, 0.5) is 5.69 Å². The van der Waals surface area contributed by atoms with Crippen molar-refractivity contribution >= 4 is 17.8 Å². The number of nitro groups is 1. The Kier molecular flexibility index (Phi) is 6.67. The first-order valence-electron chi connectivity index (χ1n) is 8.85. The smallest absolute Gasteiger partial charge is 0.282 e. The topological polar surface area (TPSA) is 116 Å². The van der Waals surface area contributed by atoms with E-state index in [1.54, 1.807) is 12.1 Å². The molecule has 0 aliphatic carbocycles. The van der Waals surface area contributed by atoms with Gasteiger partial charge in [-0.3, -0.25) is 19.9 Å². The van der Waals surface area contributed by atoms with E-state index in [4.69, 9.17) is 9.47 Å². The second kappa shape index (κ2) is 9.78. The van der Waals surface area contributed by atoms with Crippen LogP contribution >= 0.6 is 0 Å². The number of carbonyl (C=O) groups is 1. The van der Waals surface area contributed by atoms with Crippen molar-refractivity contribution in [1.82, 2.24) is 10.4 Å². The van der Waals surface area contributed by atoms with Crippen molar-refractivity contribution in [3.63, 3.8) is 0 Å². The zero-order valence-electron chi connectivity index (χ0n) is 16.0. The van der Waals surface area contributed by atoms with Crippen LogP contribution < -0.4 is 14.9 Å². The molecule has 2 aromatic carbocycles. The highest BCUT2D eigenvalue weighted by Crippen LogP contribution is 2.34. The fourth-order valence-electron chi connectivity index (χ4n) is 2.56. The van der Waals surface area contributed by atoms with Gasteiger partial charge in [-0.2, -0.15) is 5.10 Å². The standard InChI is InChI=1S/C21H18N4O5/c1-29-19-10-17(13-23-24-21(26)16-8-5-9-22-12-16)18(25(27)28)11-20(19)30-14-15-6-3-2-4-7-15/h2-13H,14H2,1H3,(H,24,26). The molecular formula is C21H18N4O5. The average molecular weight is 406 g/mol. The minimum atomic E-state index is -0.556. The van der Waals surface area contributed by atoms with Crippen molar-refractivity contribution in [3.05, 3.63) is 93.8 Å². The Labute approximate surface area is 172 Å². The average Bonchev–Trinajstić information content (AvgIpc) is 2.78. The molecule has 0 fully saturated rings. The first kappa shape index (κ1) is 20.5. The highest BCUT2D eigenvalue weighted by molar-refractivity contribution is 5.95. The first-order valence-corrected chi connectivity index (χ1v) is 8.85. The number of nitrogens with one attached hydrogen (secondary N) is 1. The lowest BCUT2D eigenvalue weighted by Gasteiger charge is -2.12. The van der Waals surface area contributed by atoms with E-state index in [0.29, 0.717) is 11.3 Å². The Morgan fingerprint density at radius 1 is 1.20 bits per heavy atom. The molecular weight excluding hydrogens is 388 g/mol. The number of methoxy groups -OCH3 is 1. The summed E-state index contributed by atoms with van der Waals surface area (Å²) in [5.41, 5.74) is 3.44. The summed E-state index contributed by atoms with van der Waals surface area (Å²) in [6.45, 7) is 0.225. The second-order valence-corrected chi connectivity index (χ2v) is 6.03. The predicted molar refractivity (Wildman–Crippen MR) is 110 cm³/mol. The van der Waals surface area contributed by atoms with E-state index in [2.05, 4.69) is 15.5 Å². The van der Waals surface area contributed by atoms with E-state index in [9.17, 15) is 14.9 Å². The molecule has 0 aliphatic rings. The minimum absolute atomic E-state index is 0.149. The van der Waals surface area contributed by atoms with Crippen molar-refractivity contribution in [2.45, 2.75) is 6.61 Å². The number of carbonyl (C=O) groups excluding carboxylic acids is 1. The van der Waals surface area contributed by atoms with Gasteiger partial charge in [0.2, 0.25) is 0 Å². The van der Waals surface area contributed by atoms with E-state index >= 15 is 0 Å². The van der Waals surface area contributed by atoms with Crippen LogP contribution in [0.25, 0.3) is 0 Å². The molecule has 30 heavy (non-hydrogen) atoms. The number of ether oxygens (including phenoxy) is 2. The summed E-state index contributed by atoms with van der Waals surface area (Å²) < 4.78 is 11.0. The maximum atomic E-state index is 12.0. The fraction of sp³-hybridized carbons (Fsp3) is 0.0952. The molecule has 152 valence electrons. The molecule has 0 unspecified atom stereocenters. The predicted octanol–water partition coefficient (Wildman–Crippen LogP) is 3.34. The number of nitrogens with zero attached hydrogens (tertiary/aromatic N) is 3. The van der Waals surface area contributed by atoms with E-state index in [0.717, 1.165) is 5.56 Å². The fourth-order valence-corrected chi connectivity index (χ4v) is 2.56. The van der Waals surface area contributed by atoms with E-state index in [1.807, 2.05) is 30.3 Å². The second-order valence-electron chi connectivity index (χ2n) is 6.03. The lowest BCUT2D eigenvalue weighted by molar-refractivity contribution is -0.385. The van der Waals surface area contributed by atoms with Crippen LogP contribution in [0, 0.1) is 10.1 Å². The first-order chi connectivity index (χ1) is 14.6. The number of amides is 1. The number of hydrogen-bond acceptors (Lipinski definition) is 7. The molecule has 9 nitrogen and oxygen atoms in total. The molecule has 3 aromatic rings. The quantitative estimate of drug-likeness (QED) is 0.348. The van der Waals surface area contributed by atoms with Gasteiger partial charge >= 0.3 is 0 Å². The molecule has 0 saturated heterocycles. The van der Waals surface area contributed by atoms with Crippen LogP contribution in [0.2, 0.25) is 0 Å². The lowest BCUT2D eigenvalue weighted by atomic mass is 10.1. The van der Waals surface area contributed by atoms with Crippen LogP contribution in [0.5, 0.6) is 11.5 Å². The van der Waals surface area contributed by atoms with Gasteiger partial charge in [-0.1, -0.05) is 30.3 Å². The maximum Gasteiger partial charge on any atom is 0.282 e. The Morgan fingerprint density at radius 2 is 2.00 bits per heavy atom. The van der Waals surface area contributed by atoms with Crippen molar-refractivity contribution < 1.29 is 19.2 Å². The zero-order chi connectivity index (χ0) is 21.3. The maximum absolute atomic E-state index is 12.0. The van der Waals surface area contributed by atoms with Crippen LogP contribution in [-0.4, -0.2) is 29.1 Å². The number of rotatable bonds is 8. The number of benzene rings is 2. The number of pyridine rings is 1. The van der Waals surface area contributed by atoms with Crippen LogP contribution in [0.15, 0.2) is 72.1 Å². The normalized spacial score (nSPS) is 10.6. The summed E-state index contributed by atoms with van der Waals surface area (Å²) in [5, 5.41) is 15.3. The summed E-state index contributed by atoms with van der Waals surface area (Å²) in [6, 6.07) is 15.3. The van der Waals surface area contributed by atoms with Gasteiger partial charge < -0.3 is 9.47 Å². The molecule has 0 aliphatic heterocycles. The van der Waals surface area contributed by atoms with E-state index < -0.39 is 10.8 Å². The Bertz CT molecular complexity index is 1060. The number of hydrazone groups is 1. The molecule has 9 heteroatoms. The van der Waals surface area contributed by atoms with Gasteiger partial charge in [-0.05, 0) is 23.8 Å². The van der Waals surface area contributed by atoms with Gasteiger partial charge in [0.15, 0.2) is 11.5 Å². The summed E-state index contributed by atoms with van der Waals surface area (Å²) in [5.74, 6) is 0.0398. The largest absolute Gasteiger partial charge is 0.493 e. The molecule has 0 radical (unpaired) electrons. The summed E-state index contributed by atoms with van der Waals surface area (Å²) in [7, 11) is 1.43. The third kappa shape index (κ3) is 5.16. The molecule has 1 aromatic heterocycles. The highest BCUT2D eigenvalue weighted by atomic mass is 16.6. The van der Waals surface area contributed by atoms with Crippen molar-refractivity contribution in [2.24, 2.45) is 5.10 Å². The SMILES string of the molecule is COc1cc(C=NNC(=O)c2cccnc2)c([N+](=O)[O-])cc1OCc1ccccc1. The molecule has 1 amide bonds. The highest BCUT2D eigenvalue weighted by Gasteiger charge is 2.19. The Balaban J connectivity index is 1.80. The molecule has 1 heterocycles. The van der Waals surface area contributed by atoms with Crippen LogP contribution in [0.3, 0.4) is 0 Å². The van der Waals surface area contributed by atoms with Gasteiger partial charge in [-0.15, -0.1) is 0 Å². The van der Waals surface area contributed by atoms with Gasteiger partial charge in [0.25, 0.3) is 11.6 Å². The number of aromatic nitrogens is 1. The van der Waals surface area contributed by atoms with Gasteiger partial charge in [0, 0.05) is 12.4 Å². The molecule has 0 spiro atoms. The number of nitro benzene ring substituents is 1. The lowest BCUT2D eigenvalue weighted by Crippen LogP contribution is -2.17. The van der Waals surface area contributed by atoms with Crippen molar-refractivity contribution in [1.29, 1.82) is 0 Å². The molecule has 0 atom stereocenters. The molecule has 0 bridgehead atoms. The summed E-state index contributed by atoms with van der Waals surface area (Å²) in [4.78, 5) is 26.8. The van der Waals surface area contributed by atoms with Crippen molar-refractivity contribution in [3.8, 4) is 11.5 Å². The van der Waals surface area contributed by atoms with Crippen LogP contribution in [-0.2, 0) is 6.61 Å². The monoisotopic (exact) mass is 406 g/mol. The van der Waals surface area contributed by atoms with Gasteiger partial charge in [0.05, 0.1) is 35.4 Å². The molecule has 0 saturated carbocycles.